The molecule has 0 saturated heterocycles. The first kappa shape index (κ1) is 11.2. The van der Waals surface area contributed by atoms with Crippen LogP contribution in [-0.2, 0) is 4.43 Å². The van der Waals surface area contributed by atoms with Gasteiger partial charge in [0, 0.05) is 0 Å². The van der Waals surface area contributed by atoms with Gasteiger partial charge in [0.2, 0.25) is 0 Å². The lowest BCUT2D eigenvalue weighted by atomic mass is 9.88. The average Bonchev–Trinajstić information content (AvgIpc) is 2.00. The minimum atomic E-state index is 0.209. The lowest BCUT2D eigenvalue weighted by molar-refractivity contribution is 0.0481. The maximum Gasteiger partial charge on any atom is 0.146 e. The van der Waals surface area contributed by atoms with E-state index in [9.17, 15) is 0 Å². The van der Waals surface area contributed by atoms with E-state index in [1.807, 2.05) is 0 Å². The van der Waals surface area contributed by atoms with E-state index in [2.05, 4.69) is 27.7 Å². The average molecular weight is 174 g/mol. The predicted molar refractivity (Wildman–Crippen MR) is 53.8 cm³/mol. The Labute approximate surface area is 74.1 Å². The number of rotatable bonds is 5. The van der Waals surface area contributed by atoms with Crippen LogP contribution in [0.2, 0.25) is 0 Å². The predicted octanol–water partition coefficient (Wildman–Crippen LogP) is 1.89. The fourth-order valence-corrected chi connectivity index (χ4v) is 2.40. The third-order valence-corrected chi connectivity index (χ3v) is 3.37. The van der Waals surface area contributed by atoms with Crippen molar-refractivity contribution < 1.29 is 4.43 Å². The molecular formula is C9H22OSi. The summed E-state index contributed by atoms with van der Waals surface area (Å²) >= 11 is 0. The summed E-state index contributed by atoms with van der Waals surface area (Å²) in [6.45, 7) is 8.98. The molecule has 0 aromatic carbocycles. The Hall–Kier alpha value is 0.177. The van der Waals surface area contributed by atoms with Gasteiger partial charge in [-0.3, -0.25) is 0 Å². The fourth-order valence-electron chi connectivity index (χ4n) is 1.65. The van der Waals surface area contributed by atoms with Crippen LogP contribution in [0.4, 0.5) is 0 Å². The maximum absolute atomic E-state index is 5.69. The van der Waals surface area contributed by atoms with Crippen molar-refractivity contribution in [2.24, 2.45) is 5.92 Å². The molecule has 11 heavy (non-hydrogen) atoms. The Morgan fingerprint density at radius 3 is 1.82 bits per heavy atom. The van der Waals surface area contributed by atoms with Crippen LogP contribution >= 0.6 is 0 Å². The van der Waals surface area contributed by atoms with Crippen molar-refractivity contribution in [3.8, 4) is 0 Å². The summed E-state index contributed by atoms with van der Waals surface area (Å²) in [4.78, 5) is 0. The minimum Gasteiger partial charge on any atom is -0.422 e. The second-order valence-corrected chi connectivity index (χ2v) is 4.10. The Kier molecular flexibility index (Phi) is 5.02. The van der Waals surface area contributed by atoms with E-state index in [0.29, 0.717) is 0 Å². The van der Waals surface area contributed by atoms with Crippen molar-refractivity contribution in [1.82, 2.24) is 0 Å². The van der Waals surface area contributed by atoms with E-state index >= 15 is 0 Å². The topological polar surface area (TPSA) is 9.23 Å². The largest absolute Gasteiger partial charge is 0.422 e. The van der Waals surface area contributed by atoms with E-state index in [0.717, 1.165) is 29.2 Å². The SMILES string of the molecule is CCC(CC)(CC(C)C)O[SiH3]. The zero-order chi connectivity index (χ0) is 8.91. The fraction of sp³-hybridized carbons (Fsp3) is 1.00. The molecule has 0 amide bonds. The zero-order valence-corrected chi connectivity index (χ0v) is 10.6. The third-order valence-electron chi connectivity index (χ3n) is 2.50. The normalized spacial score (nSPS) is 12.8. The highest BCUT2D eigenvalue weighted by Gasteiger charge is 2.25. The molecule has 0 aromatic heterocycles. The van der Waals surface area contributed by atoms with Crippen molar-refractivity contribution in [2.75, 3.05) is 0 Å². The van der Waals surface area contributed by atoms with Gasteiger partial charge in [0.1, 0.15) is 10.5 Å². The molecule has 0 aliphatic rings. The van der Waals surface area contributed by atoms with Crippen LogP contribution in [0.1, 0.15) is 47.0 Å². The van der Waals surface area contributed by atoms with Gasteiger partial charge in [-0.05, 0) is 25.2 Å². The van der Waals surface area contributed by atoms with Gasteiger partial charge < -0.3 is 4.43 Å². The highest BCUT2D eigenvalue weighted by Crippen LogP contribution is 2.27. The summed E-state index contributed by atoms with van der Waals surface area (Å²) in [6.07, 6.45) is 3.53. The molecule has 0 rings (SSSR count). The van der Waals surface area contributed by atoms with Gasteiger partial charge in [-0.15, -0.1) is 0 Å². The second-order valence-electron chi connectivity index (χ2n) is 3.69. The van der Waals surface area contributed by atoms with Crippen LogP contribution < -0.4 is 0 Å². The molecule has 0 aliphatic heterocycles. The Balaban J connectivity index is 4.05. The molecule has 0 N–H and O–H groups in total. The van der Waals surface area contributed by atoms with Gasteiger partial charge in [-0.25, -0.2) is 0 Å². The molecule has 0 bridgehead atoms. The highest BCUT2D eigenvalue weighted by atomic mass is 28.2. The van der Waals surface area contributed by atoms with E-state index in [1.165, 1.54) is 6.42 Å². The lowest BCUT2D eigenvalue weighted by Gasteiger charge is -2.32. The van der Waals surface area contributed by atoms with Gasteiger partial charge in [0.15, 0.2) is 0 Å². The minimum absolute atomic E-state index is 0.209. The summed E-state index contributed by atoms with van der Waals surface area (Å²) in [6, 6.07) is 0. The van der Waals surface area contributed by atoms with E-state index in [4.69, 9.17) is 4.43 Å². The molecule has 2 heteroatoms. The summed E-state index contributed by atoms with van der Waals surface area (Å²) in [7, 11) is 0.871. The Morgan fingerprint density at radius 2 is 1.73 bits per heavy atom. The van der Waals surface area contributed by atoms with Gasteiger partial charge in [0.05, 0.1) is 5.60 Å². The first-order valence-electron chi connectivity index (χ1n) is 4.65. The molecular weight excluding hydrogens is 152 g/mol. The van der Waals surface area contributed by atoms with E-state index < -0.39 is 0 Å². The molecule has 0 radical (unpaired) electrons. The quantitative estimate of drug-likeness (QED) is 0.578. The molecule has 0 heterocycles. The first-order valence-corrected chi connectivity index (χ1v) is 5.47. The van der Waals surface area contributed by atoms with Crippen molar-refractivity contribution in [2.45, 2.75) is 52.6 Å². The van der Waals surface area contributed by atoms with Gasteiger partial charge in [-0.1, -0.05) is 27.7 Å². The van der Waals surface area contributed by atoms with Gasteiger partial charge in [0.25, 0.3) is 0 Å². The number of hydrogen-bond acceptors (Lipinski definition) is 1. The smallest absolute Gasteiger partial charge is 0.146 e. The maximum atomic E-state index is 5.69. The van der Waals surface area contributed by atoms with Gasteiger partial charge in [-0.2, -0.15) is 0 Å². The summed E-state index contributed by atoms with van der Waals surface area (Å²) in [5.41, 5.74) is 0.209. The Morgan fingerprint density at radius 1 is 1.27 bits per heavy atom. The molecule has 0 unspecified atom stereocenters. The molecule has 0 spiro atoms. The first-order chi connectivity index (χ1) is 5.10. The van der Waals surface area contributed by atoms with Crippen LogP contribution in [0.3, 0.4) is 0 Å². The van der Waals surface area contributed by atoms with Crippen molar-refractivity contribution >= 4 is 10.5 Å². The van der Waals surface area contributed by atoms with Crippen molar-refractivity contribution in [3.05, 3.63) is 0 Å². The van der Waals surface area contributed by atoms with Crippen LogP contribution in [0.5, 0.6) is 0 Å². The summed E-state index contributed by atoms with van der Waals surface area (Å²) in [5.74, 6) is 0.754. The molecule has 0 saturated carbocycles. The van der Waals surface area contributed by atoms with Crippen LogP contribution in [-0.4, -0.2) is 16.1 Å². The van der Waals surface area contributed by atoms with Crippen LogP contribution in [0.25, 0.3) is 0 Å². The molecule has 0 fully saturated rings. The lowest BCUT2D eigenvalue weighted by Crippen LogP contribution is -2.31. The van der Waals surface area contributed by atoms with Gasteiger partial charge >= 0.3 is 0 Å². The zero-order valence-electron chi connectivity index (χ0n) is 8.61. The van der Waals surface area contributed by atoms with E-state index in [1.54, 1.807) is 0 Å². The van der Waals surface area contributed by atoms with Crippen LogP contribution in [0, 0.1) is 5.92 Å². The molecule has 0 aliphatic carbocycles. The molecule has 0 atom stereocenters. The van der Waals surface area contributed by atoms with E-state index in [-0.39, 0.29) is 5.60 Å². The molecule has 68 valence electrons. The third kappa shape index (κ3) is 3.39. The highest BCUT2D eigenvalue weighted by molar-refractivity contribution is 5.98. The second kappa shape index (κ2) is 4.94. The molecule has 1 nitrogen and oxygen atoms in total. The Bertz CT molecular complexity index is 89.5. The van der Waals surface area contributed by atoms with Crippen molar-refractivity contribution in [3.63, 3.8) is 0 Å². The molecule has 0 aromatic rings. The van der Waals surface area contributed by atoms with Crippen LogP contribution in [0.15, 0.2) is 0 Å². The number of hydrogen-bond donors (Lipinski definition) is 0. The monoisotopic (exact) mass is 174 g/mol. The van der Waals surface area contributed by atoms with Crippen molar-refractivity contribution in [1.29, 1.82) is 0 Å². The summed E-state index contributed by atoms with van der Waals surface area (Å²) in [5, 5.41) is 0. The standard InChI is InChI=1S/C9H22OSi/c1-5-9(6-2,10-11)7-8(3)4/h8H,5-7H2,1-4,11H3. The summed E-state index contributed by atoms with van der Waals surface area (Å²) < 4.78 is 5.69.